The van der Waals surface area contributed by atoms with Gasteiger partial charge in [-0.1, -0.05) is 18.2 Å². The van der Waals surface area contributed by atoms with E-state index in [1.807, 2.05) is 0 Å². The number of carboxylic acids is 1. The Bertz CT molecular complexity index is 1050. The zero-order valence-electron chi connectivity index (χ0n) is 17.2. The van der Waals surface area contributed by atoms with Gasteiger partial charge in [0.1, 0.15) is 11.8 Å². The number of carbonyl (C=O) groups excluding carboxylic acids is 1. The molecule has 2 aromatic carbocycles. The lowest BCUT2D eigenvalue weighted by Gasteiger charge is -2.28. The number of hydrogen-bond acceptors (Lipinski definition) is 6. The van der Waals surface area contributed by atoms with Crippen LogP contribution in [0, 0.1) is 0 Å². The van der Waals surface area contributed by atoms with Crippen molar-refractivity contribution in [1.82, 2.24) is 4.31 Å². The Morgan fingerprint density at radius 2 is 1.77 bits per heavy atom. The lowest BCUT2D eigenvalue weighted by molar-refractivity contribution is -0.141. The summed E-state index contributed by atoms with van der Waals surface area (Å²) in [7, 11) is -1.25. The lowest BCUT2D eigenvalue weighted by atomic mass is 10.1. The highest BCUT2D eigenvalue weighted by Gasteiger charge is 2.41. The molecular weight excluding hydrogens is 424 g/mol. The first-order valence-corrected chi connectivity index (χ1v) is 11.0. The molecule has 1 aliphatic rings. The van der Waals surface area contributed by atoms with E-state index in [4.69, 9.17) is 9.47 Å². The van der Waals surface area contributed by atoms with Gasteiger partial charge in [0.05, 0.1) is 31.6 Å². The van der Waals surface area contributed by atoms with Gasteiger partial charge in [0.25, 0.3) is 0 Å². The van der Waals surface area contributed by atoms with Crippen LogP contribution in [0.15, 0.2) is 53.4 Å². The quantitative estimate of drug-likeness (QED) is 0.686. The number of carboxylic acid groups (broad SMARTS) is 1. The van der Waals surface area contributed by atoms with E-state index in [2.05, 4.69) is 0 Å². The normalized spacial score (nSPS) is 17.0. The van der Waals surface area contributed by atoms with Crippen molar-refractivity contribution in [3.8, 4) is 5.75 Å². The molecule has 0 saturated heterocycles. The smallest absolute Gasteiger partial charge is 0.323 e. The van der Waals surface area contributed by atoms with Gasteiger partial charge in [0.15, 0.2) is 0 Å². The number of ether oxygens (including phenoxy) is 2. The summed E-state index contributed by atoms with van der Waals surface area (Å²) in [6, 6.07) is 11.1. The predicted octanol–water partition coefficient (Wildman–Crippen LogP) is 1.72. The van der Waals surface area contributed by atoms with E-state index in [0.717, 1.165) is 4.31 Å². The number of hydrogen-bond donors (Lipinski definition) is 1. The van der Waals surface area contributed by atoms with Crippen LogP contribution in [0.25, 0.3) is 0 Å². The molecule has 0 bridgehead atoms. The van der Waals surface area contributed by atoms with E-state index in [0.29, 0.717) is 17.0 Å². The molecular formula is C21H24N2O7S. The molecule has 0 aliphatic carbocycles. The van der Waals surface area contributed by atoms with Crippen LogP contribution in [0.4, 0.5) is 5.69 Å². The van der Waals surface area contributed by atoms with E-state index in [1.165, 1.54) is 43.4 Å². The molecule has 10 heteroatoms. The second kappa shape index (κ2) is 9.46. The standard InChI is InChI=1S/C21H24N2O7S/c1-29-12-11-20(24)22-14-19(21(25)26)23(13-15-5-3-4-6-18(15)22)31(27,28)17-9-7-16(30-2)8-10-17/h3-10,19H,11-14H2,1-2H3,(H,25,26). The maximum absolute atomic E-state index is 13.4. The highest BCUT2D eigenvalue weighted by Crippen LogP contribution is 2.32. The number of sulfonamides is 1. The van der Waals surface area contributed by atoms with Gasteiger partial charge < -0.3 is 19.5 Å². The van der Waals surface area contributed by atoms with Crippen LogP contribution in [0.5, 0.6) is 5.75 Å². The molecule has 3 rings (SSSR count). The number of nitrogens with zero attached hydrogens (tertiary/aromatic N) is 2. The Morgan fingerprint density at radius 3 is 2.39 bits per heavy atom. The van der Waals surface area contributed by atoms with E-state index in [9.17, 15) is 23.1 Å². The third kappa shape index (κ3) is 4.71. The molecule has 1 aliphatic heterocycles. The Morgan fingerprint density at radius 1 is 1.10 bits per heavy atom. The third-order valence-corrected chi connectivity index (χ3v) is 6.95. The Balaban J connectivity index is 2.07. The summed E-state index contributed by atoms with van der Waals surface area (Å²) in [4.78, 5) is 26.2. The minimum Gasteiger partial charge on any atom is -0.497 e. The number of amides is 1. The molecule has 1 atom stereocenters. The third-order valence-electron chi connectivity index (χ3n) is 5.08. The van der Waals surface area contributed by atoms with Crippen LogP contribution < -0.4 is 9.64 Å². The van der Waals surface area contributed by atoms with Gasteiger partial charge in [0.2, 0.25) is 15.9 Å². The first-order valence-electron chi connectivity index (χ1n) is 9.55. The summed E-state index contributed by atoms with van der Waals surface area (Å²) in [5.74, 6) is -1.21. The number of anilines is 1. The molecule has 0 fully saturated rings. The molecule has 166 valence electrons. The fraction of sp³-hybridized carbons (Fsp3) is 0.333. The molecule has 0 saturated carbocycles. The summed E-state index contributed by atoms with van der Waals surface area (Å²) >= 11 is 0. The molecule has 1 heterocycles. The predicted molar refractivity (Wildman–Crippen MR) is 112 cm³/mol. The number of benzene rings is 2. The highest BCUT2D eigenvalue weighted by molar-refractivity contribution is 7.89. The molecule has 9 nitrogen and oxygen atoms in total. The topological polar surface area (TPSA) is 113 Å². The molecule has 0 aromatic heterocycles. The van der Waals surface area contributed by atoms with Crippen LogP contribution in [-0.4, -0.2) is 63.1 Å². The van der Waals surface area contributed by atoms with Gasteiger partial charge in [-0.25, -0.2) is 8.42 Å². The minimum absolute atomic E-state index is 0.0441. The van der Waals surface area contributed by atoms with E-state index >= 15 is 0 Å². The minimum atomic E-state index is -4.18. The van der Waals surface area contributed by atoms with E-state index in [1.54, 1.807) is 24.3 Å². The molecule has 0 radical (unpaired) electrons. The Labute approximate surface area is 180 Å². The Hall–Kier alpha value is -2.95. The molecule has 1 unspecified atom stereocenters. The summed E-state index contributed by atoms with van der Waals surface area (Å²) in [5, 5.41) is 9.89. The zero-order valence-corrected chi connectivity index (χ0v) is 18.0. The SMILES string of the molecule is COCCC(=O)N1CC(C(=O)O)N(S(=O)(=O)c2ccc(OC)cc2)Cc2ccccc21. The van der Waals surface area contributed by atoms with Crippen LogP contribution in [0.1, 0.15) is 12.0 Å². The van der Waals surface area contributed by atoms with Crippen molar-refractivity contribution in [3.05, 3.63) is 54.1 Å². The van der Waals surface area contributed by atoms with Crippen LogP contribution in [0.2, 0.25) is 0 Å². The number of rotatable bonds is 7. The first kappa shape index (κ1) is 22.7. The highest BCUT2D eigenvalue weighted by atomic mass is 32.2. The monoisotopic (exact) mass is 448 g/mol. The number of aliphatic carboxylic acids is 1. The van der Waals surface area contributed by atoms with Crippen molar-refractivity contribution < 1.29 is 32.6 Å². The number of fused-ring (bicyclic) bond motifs is 1. The molecule has 31 heavy (non-hydrogen) atoms. The van der Waals surface area contributed by atoms with Gasteiger partial charge in [-0.05, 0) is 35.9 Å². The maximum atomic E-state index is 13.4. The second-order valence-electron chi connectivity index (χ2n) is 6.96. The van der Waals surface area contributed by atoms with Gasteiger partial charge in [-0.15, -0.1) is 0 Å². The van der Waals surface area contributed by atoms with Crippen molar-refractivity contribution in [1.29, 1.82) is 0 Å². The molecule has 0 spiro atoms. The van der Waals surface area contributed by atoms with Crippen molar-refractivity contribution in [2.24, 2.45) is 0 Å². The van der Waals surface area contributed by atoms with Gasteiger partial charge in [-0.3, -0.25) is 9.59 Å². The summed E-state index contributed by atoms with van der Waals surface area (Å²) < 4.78 is 37.8. The van der Waals surface area contributed by atoms with Crippen molar-refractivity contribution in [2.45, 2.75) is 23.9 Å². The van der Waals surface area contributed by atoms with Crippen molar-refractivity contribution >= 4 is 27.6 Å². The van der Waals surface area contributed by atoms with Crippen molar-refractivity contribution in [2.75, 3.05) is 32.3 Å². The van der Waals surface area contributed by atoms with Gasteiger partial charge >= 0.3 is 5.97 Å². The largest absolute Gasteiger partial charge is 0.497 e. The molecule has 1 N–H and O–H groups in total. The average molecular weight is 448 g/mol. The van der Waals surface area contributed by atoms with E-state index < -0.39 is 22.0 Å². The van der Waals surface area contributed by atoms with Crippen LogP contribution >= 0.6 is 0 Å². The molecule has 1 amide bonds. The van der Waals surface area contributed by atoms with Gasteiger partial charge in [0, 0.05) is 19.3 Å². The fourth-order valence-corrected chi connectivity index (χ4v) is 5.00. The number of para-hydroxylation sites is 1. The van der Waals surface area contributed by atoms with Crippen LogP contribution in [-0.2, 0) is 30.9 Å². The van der Waals surface area contributed by atoms with Gasteiger partial charge in [-0.2, -0.15) is 4.31 Å². The molecule has 2 aromatic rings. The first-order chi connectivity index (χ1) is 14.8. The Kier molecular flexibility index (Phi) is 6.94. The maximum Gasteiger partial charge on any atom is 0.323 e. The number of carbonyl (C=O) groups is 2. The zero-order chi connectivity index (χ0) is 22.6. The van der Waals surface area contributed by atoms with E-state index in [-0.39, 0.29) is 36.9 Å². The van der Waals surface area contributed by atoms with Crippen molar-refractivity contribution in [3.63, 3.8) is 0 Å². The summed E-state index contributed by atoms with van der Waals surface area (Å²) in [6.07, 6.45) is 0.0441. The summed E-state index contributed by atoms with van der Waals surface area (Å²) in [5.41, 5.74) is 1.02. The average Bonchev–Trinajstić information content (AvgIpc) is 2.95. The second-order valence-corrected chi connectivity index (χ2v) is 8.85. The van der Waals surface area contributed by atoms with Crippen LogP contribution in [0.3, 0.4) is 0 Å². The lowest BCUT2D eigenvalue weighted by Crippen LogP contribution is -2.50. The number of methoxy groups -OCH3 is 2. The summed E-state index contributed by atoms with van der Waals surface area (Å²) in [6.45, 7) is -0.330. The fourth-order valence-electron chi connectivity index (χ4n) is 3.45.